The highest BCUT2D eigenvalue weighted by Crippen LogP contribution is 2.42. The van der Waals surface area contributed by atoms with Gasteiger partial charge in [0.25, 0.3) is 0 Å². The molecule has 6 aliphatic heterocycles. The van der Waals surface area contributed by atoms with Crippen LogP contribution >= 0.6 is 0 Å². The Labute approximate surface area is 417 Å². The normalized spacial score (nSPS) is 32.8. The summed E-state index contributed by atoms with van der Waals surface area (Å²) in [7, 11) is 5.41. The van der Waals surface area contributed by atoms with E-state index in [1.54, 1.807) is 62.3 Å². The smallest absolute Gasteiger partial charge is 0.407 e. The number of methoxy groups -OCH3 is 4. The lowest BCUT2D eigenvalue weighted by Crippen LogP contribution is -2.55. The summed E-state index contributed by atoms with van der Waals surface area (Å²) in [6.07, 6.45) is -12.4. The van der Waals surface area contributed by atoms with E-state index in [1.165, 1.54) is 21.3 Å². The molecule has 1 unspecified atom stereocenters. The summed E-state index contributed by atoms with van der Waals surface area (Å²) in [6, 6.07) is -3.29. The lowest BCUT2D eigenvalue weighted by molar-refractivity contribution is -0.220. The Hall–Kier alpha value is -4.39. The van der Waals surface area contributed by atoms with E-state index in [0.717, 1.165) is 7.11 Å². The van der Waals surface area contributed by atoms with Gasteiger partial charge in [-0.25, -0.2) is 4.79 Å². The van der Waals surface area contributed by atoms with Crippen molar-refractivity contribution in [2.24, 2.45) is 0 Å². The maximum absolute atomic E-state index is 13.7. The molecular weight excluding hydrogens is 961 g/mol. The summed E-state index contributed by atoms with van der Waals surface area (Å²) in [6.45, 7) is 13.6. The van der Waals surface area contributed by atoms with Gasteiger partial charge in [0, 0.05) is 40.6 Å². The van der Waals surface area contributed by atoms with E-state index >= 15 is 0 Å². The zero-order valence-corrected chi connectivity index (χ0v) is 43.0. The fraction of sp³-hybridized carbons (Fsp3) is 0.844. The summed E-state index contributed by atoms with van der Waals surface area (Å²) in [5, 5.41) is 15.7. The van der Waals surface area contributed by atoms with Crippen LogP contribution in [0.4, 0.5) is 4.79 Å². The van der Waals surface area contributed by atoms with Gasteiger partial charge in [0.15, 0.2) is 36.2 Å². The molecule has 408 valence electrons. The molecule has 72 heavy (non-hydrogen) atoms. The van der Waals surface area contributed by atoms with Crippen LogP contribution in [0, 0.1) is 0 Å². The molecule has 0 saturated carbocycles. The van der Waals surface area contributed by atoms with Gasteiger partial charge in [0.2, 0.25) is 29.5 Å². The Morgan fingerprint density at radius 1 is 0.472 bits per heavy atom. The van der Waals surface area contributed by atoms with Crippen LogP contribution in [-0.4, -0.2) is 205 Å². The number of amides is 6. The highest BCUT2D eigenvalue weighted by atomic mass is 16.9. The van der Waals surface area contributed by atoms with Crippen LogP contribution in [0.15, 0.2) is 0 Å². The van der Waals surface area contributed by atoms with Crippen molar-refractivity contribution in [3.63, 3.8) is 0 Å². The molecule has 0 aromatic rings. The number of alkyl carbamates (subject to hydrolysis) is 1. The average molecular weight is 1030 g/mol. The van der Waals surface area contributed by atoms with Crippen LogP contribution in [0.1, 0.15) is 81.6 Å². The van der Waals surface area contributed by atoms with Crippen molar-refractivity contribution < 1.29 is 99.9 Å². The molecule has 0 aliphatic carbocycles. The minimum atomic E-state index is -1.16. The standard InChI is InChI=1S/C45H72N6O21/c1-42(2,3)72-41(58)51-22(31-34(62-13)37-40(65-31)71-45(8,9)68-37)16-24(53)47-18-27(56)49-20(29-32(60-11)35-38(63-29)69-43(4,5)66-35)14-23(52)46-17-26(55)50-21(15-25(54)48-19-28(57)59-10)30-33(61-12)36-39(64-30)70-44(6,7)67-36/h20-22,29-40H,14-19H2,1-13H3,(H,46,52)(H,47,53)(H,48,54)(H,49,56)(H,50,55)(H,51,58)/t20-,21?,22-,29+,30+,31+,32-,33-,34-,35+,36+,37+,38+,39+,40+/m0/s1. The van der Waals surface area contributed by atoms with Crippen molar-refractivity contribution in [2.45, 2.75) is 196 Å². The highest BCUT2D eigenvalue weighted by molar-refractivity contribution is 5.88. The first-order chi connectivity index (χ1) is 33.6. The van der Waals surface area contributed by atoms with E-state index in [4.69, 9.17) is 61.6 Å². The number of esters is 1. The Kier molecular flexibility index (Phi) is 18.2. The monoisotopic (exact) mass is 1030 g/mol. The third-order valence-corrected chi connectivity index (χ3v) is 12.2. The van der Waals surface area contributed by atoms with Crippen LogP contribution in [0.25, 0.3) is 0 Å². The summed E-state index contributed by atoms with van der Waals surface area (Å²) in [4.78, 5) is 92.4. The molecule has 6 rings (SSSR count). The van der Waals surface area contributed by atoms with E-state index < -0.39 is 189 Å². The molecule has 6 aliphatic rings. The molecule has 15 atom stereocenters. The van der Waals surface area contributed by atoms with Gasteiger partial charge in [-0.05, 0) is 62.3 Å². The summed E-state index contributed by atoms with van der Waals surface area (Å²) < 4.78 is 81.4. The maximum Gasteiger partial charge on any atom is 0.407 e. The number of hydrogen-bond acceptors (Lipinski definition) is 21. The number of rotatable bonds is 21. The van der Waals surface area contributed by atoms with E-state index in [9.17, 15) is 33.6 Å². The van der Waals surface area contributed by atoms with Crippen molar-refractivity contribution in [3.8, 4) is 0 Å². The molecule has 0 spiro atoms. The molecule has 6 amide bonds. The Balaban J connectivity index is 1.11. The van der Waals surface area contributed by atoms with E-state index in [0.29, 0.717) is 0 Å². The van der Waals surface area contributed by atoms with Crippen LogP contribution in [-0.2, 0) is 95.1 Å². The second-order valence-corrected chi connectivity index (χ2v) is 20.4. The van der Waals surface area contributed by atoms with Crippen LogP contribution < -0.4 is 31.9 Å². The van der Waals surface area contributed by atoms with E-state index in [2.05, 4.69) is 36.6 Å². The van der Waals surface area contributed by atoms with Crippen molar-refractivity contribution in [1.82, 2.24) is 31.9 Å². The van der Waals surface area contributed by atoms with Crippen LogP contribution in [0.5, 0.6) is 0 Å². The molecule has 27 nitrogen and oxygen atoms in total. The van der Waals surface area contributed by atoms with Crippen LogP contribution in [0.3, 0.4) is 0 Å². The van der Waals surface area contributed by atoms with Gasteiger partial charge in [-0.3, -0.25) is 28.8 Å². The quantitative estimate of drug-likeness (QED) is 0.0692. The third-order valence-electron chi connectivity index (χ3n) is 12.2. The fourth-order valence-electron chi connectivity index (χ4n) is 9.43. The number of ether oxygens (including phenoxy) is 14. The Morgan fingerprint density at radius 3 is 1.10 bits per heavy atom. The lowest BCUT2D eigenvalue weighted by Gasteiger charge is -2.31. The SMILES string of the molecule is COC(=O)CNC(=O)CC(NC(=O)CNC(=O)C[C@H](NC(=O)CNC(=O)C[C@H](NC(=O)OC(C)(C)C)[C@H]1O[C@@H]2OC(C)(C)O[C@@H]2[C@H]1OC)[C@H]1O[C@@H]2OC(C)(C)O[C@@H]2[C@H]1OC)[C@H]1O[C@@H]2OC(C)(C)O[C@@H]2[C@H]1OC. The fourth-order valence-corrected chi connectivity index (χ4v) is 9.43. The number of fused-ring (bicyclic) bond motifs is 3. The molecule has 6 N–H and O–H groups in total. The van der Waals surface area contributed by atoms with Gasteiger partial charge in [-0.1, -0.05) is 0 Å². The zero-order valence-electron chi connectivity index (χ0n) is 43.0. The molecule has 6 fully saturated rings. The highest BCUT2D eigenvalue weighted by Gasteiger charge is 2.60. The minimum absolute atomic E-state index is 0.387. The number of nitrogens with one attached hydrogen (secondary N) is 6. The molecule has 6 saturated heterocycles. The molecule has 27 heteroatoms. The number of carbonyl (C=O) groups excluding carboxylic acids is 7. The Morgan fingerprint density at radius 2 is 0.792 bits per heavy atom. The van der Waals surface area contributed by atoms with Crippen molar-refractivity contribution >= 4 is 41.6 Å². The van der Waals surface area contributed by atoms with Gasteiger partial charge in [0.05, 0.1) is 38.3 Å². The summed E-state index contributed by atoms with van der Waals surface area (Å²) in [5.41, 5.74) is -0.879. The largest absolute Gasteiger partial charge is 0.468 e. The lowest BCUT2D eigenvalue weighted by atomic mass is 9.99. The van der Waals surface area contributed by atoms with E-state index in [1.807, 2.05) is 0 Å². The topological polar surface area (TPSA) is 321 Å². The average Bonchev–Trinajstić information content (AvgIpc) is 4.08. The van der Waals surface area contributed by atoms with Crippen molar-refractivity contribution in [2.75, 3.05) is 48.1 Å². The molecule has 6 heterocycles. The summed E-state index contributed by atoms with van der Waals surface area (Å²) in [5.74, 6) is -7.25. The third kappa shape index (κ3) is 14.5. The van der Waals surface area contributed by atoms with Gasteiger partial charge >= 0.3 is 12.1 Å². The molecule has 0 aromatic heterocycles. The zero-order chi connectivity index (χ0) is 53.1. The number of carbonyl (C=O) groups is 7. The predicted molar refractivity (Wildman–Crippen MR) is 240 cm³/mol. The van der Waals surface area contributed by atoms with Gasteiger partial charge < -0.3 is 98.2 Å². The van der Waals surface area contributed by atoms with Gasteiger partial charge in [-0.2, -0.15) is 0 Å². The Bertz CT molecular complexity index is 1980. The second-order valence-electron chi connectivity index (χ2n) is 20.4. The second kappa shape index (κ2) is 23.0. The first-order valence-corrected chi connectivity index (χ1v) is 23.7. The predicted octanol–water partition coefficient (Wildman–Crippen LogP) is -1.78. The van der Waals surface area contributed by atoms with Gasteiger partial charge in [-0.15, -0.1) is 0 Å². The van der Waals surface area contributed by atoms with Crippen molar-refractivity contribution in [1.29, 1.82) is 0 Å². The first-order valence-electron chi connectivity index (χ1n) is 23.7. The minimum Gasteiger partial charge on any atom is -0.468 e. The first kappa shape index (κ1) is 56.9. The van der Waals surface area contributed by atoms with Gasteiger partial charge in [0.1, 0.15) is 67.1 Å². The molecule has 0 bridgehead atoms. The van der Waals surface area contributed by atoms with Crippen LogP contribution in [0.2, 0.25) is 0 Å². The molecular formula is C45H72N6O21. The molecule has 0 radical (unpaired) electrons. The maximum atomic E-state index is 13.7. The molecule has 0 aromatic carbocycles. The van der Waals surface area contributed by atoms with Crippen molar-refractivity contribution in [3.05, 3.63) is 0 Å². The van der Waals surface area contributed by atoms with E-state index in [-0.39, 0.29) is 6.42 Å². The number of hydrogen-bond donors (Lipinski definition) is 6. The summed E-state index contributed by atoms with van der Waals surface area (Å²) >= 11 is 0.